The summed E-state index contributed by atoms with van der Waals surface area (Å²) >= 11 is 1.91. The zero-order valence-corrected chi connectivity index (χ0v) is 18.6. The number of aromatic nitrogens is 1. The number of thioether (sulfide) groups is 1. The van der Waals surface area contributed by atoms with E-state index in [4.69, 9.17) is 10.1 Å². The van der Waals surface area contributed by atoms with Crippen molar-refractivity contribution in [3.8, 4) is 0 Å². The number of nitrogens with zero attached hydrogens (tertiary/aromatic N) is 4. The van der Waals surface area contributed by atoms with E-state index in [1.807, 2.05) is 24.0 Å². The predicted molar refractivity (Wildman–Crippen MR) is 127 cm³/mol. The maximum atomic E-state index is 4.99. The molecule has 3 aliphatic heterocycles. The molecule has 30 heavy (non-hydrogen) atoms. The van der Waals surface area contributed by atoms with Crippen molar-refractivity contribution >= 4 is 28.3 Å². The normalized spacial score (nSPS) is 30.1. The summed E-state index contributed by atoms with van der Waals surface area (Å²) in [5.74, 6) is 2.06. The van der Waals surface area contributed by atoms with Crippen LogP contribution in [0, 0.1) is 5.92 Å². The Balaban J connectivity index is 1.23. The number of hydrazone groups is 1. The van der Waals surface area contributed by atoms with Crippen LogP contribution in [0.15, 0.2) is 58.8 Å². The van der Waals surface area contributed by atoms with Crippen LogP contribution in [0.25, 0.3) is 0 Å². The van der Waals surface area contributed by atoms with Gasteiger partial charge in [-0.25, -0.2) is 4.98 Å². The lowest BCUT2D eigenvalue weighted by molar-refractivity contribution is 0.206. The number of benzene rings is 1. The Labute approximate surface area is 183 Å². The van der Waals surface area contributed by atoms with Crippen LogP contribution in [0.5, 0.6) is 0 Å². The van der Waals surface area contributed by atoms with E-state index in [0.29, 0.717) is 29.2 Å². The molecule has 5 atom stereocenters. The molecule has 0 saturated carbocycles. The molecule has 1 aromatic carbocycles. The van der Waals surface area contributed by atoms with Gasteiger partial charge in [-0.05, 0) is 38.8 Å². The summed E-state index contributed by atoms with van der Waals surface area (Å²) in [4.78, 5) is 9.42. The molecule has 0 radical (unpaired) electrons. The highest BCUT2D eigenvalue weighted by Crippen LogP contribution is 2.39. The highest BCUT2D eigenvalue weighted by molar-refractivity contribution is 8.15. The Kier molecular flexibility index (Phi) is 5.27. The fraction of sp³-hybridized carbons (Fsp3) is 0.458. The molecule has 0 fully saturated rings. The number of aliphatic imine (C=N–C) groups is 1. The average Bonchev–Trinajstić information content (AvgIpc) is 3.42. The molecule has 5 unspecified atom stereocenters. The zero-order chi connectivity index (χ0) is 20.7. The van der Waals surface area contributed by atoms with E-state index in [-0.39, 0.29) is 0 Å². The van der Waals surface area contributed by atoms with Crippen molar-refractivity contribution in [3.63, 3.8) is 0 Å². The van der Waals surface area contributed by atoms with Gasteiger partial charge in [0.25, 0.3) is 0 Å². The van der Waals surface area contributed by atoms with Gasteiger partial charge < -0.3 is 5.32 Å². The van der Waals surface area contributed by atoms with Gasteiger partial charge in [-0.1, -0.05) is 48.2 Å². The van der Waals surface area contributed by atoms with Crippen molar-refractivity contribution in [2.24, 2.45) is 16.0 Å². The van der Waals surface area contributed by atoms with Crippen LogP contribution >= 0.6 is 11.8 Å². The Morgan fingerprint density at radius 3 is 2.80 bits per heavy atom. The van der Waals surface area contributed by atoms with Crippen LogP contribution in [0.4, 0.5) is 5.82 Å². The van der Waals surface area contributed by atoms with Crippen LogP contribution in [0.3, 0.4) is 0 Å². The van der Waals surface area contributed by atoms with E-state index in [1.165, 1.54) is 21.9 Å². The summed E-state index contributed by atoms with van der Waals surface area (Å²) in [5.41, 5.74) is 3.85. The molecule has 0 bridgehead atoms. The molecule has 0 spiro atoms. The second kappa shape index (κ2) is 8.06. The molecule has 156 valence electrons. The SMILES string of the molecule is CC1=NN(CC2SC(c3ccccc3)=NC2C)C(C)C1CC1CNc2ncccc21. The van der Waals surface area contributed by atoms with Gasteiger partial charge >= 0.3 is 0 Å². The standard InChI is InChI=1S/C24H29N5S/c1-15-21(12-19-13-26-23-20(19)10-7-11-25-23)17(3)29(28-15)14-22-16(2)27-24(30-22)18-8-5-4-6-9-18/h4-11,16-17,19,21-22H,12-14H2,1-3H3,(H,25,26). The van der Waals surface area contributed by atoms with Crippen LogP contribution < -0.4 is 5.32 Å². The maximum absolute atomic E-state index is 4.99. The quantitative estimate of drug-likeness (QED) is 0.768. The first-order valence-corrected chi connectivity index (χ1v) is 11.8. The van der Waals surface area contributed by atoms with E-state index in [9.17, 15) is 0 Å². The van der Waals surface area contributed by atoms with Crippen LogP contribution in [0.1, 0.15) is 44.2 Å². The van der Waals surface area contributed by atoms with Crippen molar-refractivity contribution in [1.29, 1.82) is 0 Å². The molecule has 5 nitrogen and oxygen atoms in total. The van der Waals surface area contributed by atoms with Crippen molar-refractivity contribution < 1.29 is 0 Å². The molecular weight excluding hydrogens is 390 g/mol. The first-order chi connectivity index (χ1) is 14.6. The van der Waals surface area contributed by atoms with Crippen molar-refractivity contribution in [2.75, 3.05) is 18.4 Å². The van der Waals surface area contributed by atoms with Crippen molar-refractivity contribution in [3.05, 3.63) is 59.8 Å². The third kappa shape index (κ3) is 3.62. The van der Waals surface area contributed by atoms with Gasteiger partial charge in [-0.15, -0.1) is 0 Å². The lowest BCUT2D eigenvalue weighted by atomic mass is 9.85. The van der Waals surface area contributed by atoms with E-state index >= 15 is 0 Å². The van der Waals surface area contributed by atoms with Gasteiger partial charge in [0.05, 0.1) is 28.9 Å². The second-order valence-electron chi connectivity index (χ2n) is 8.66. The first-order valence-electron chi connectivity index (χ1n) is 10.9. The summed E-state index contributed by atoms with van der Waals surface area (Å²) in [7, 11) is 0. The highest BCUT2D eigenvalue weighted by Gasteiger charge is 2.38. The monoisotopic (exact) mass is 419 g/mol. The molecule has 6 heteroatoms. The highest BCUT2D eigenvalue weighted by atomic mass is 32.2. The zero-order valence-electron chi connectivity index (χ0n) is 17.8. The van der Waals surface area contributed by atoms with Crippen LogP contribution in [0.2, 0.25) is 0 Å². The minimum atomic E-state index is 0.309. The Morgan fingerprint density at radius 1 is 1.13 bits per heavy atom. The van der Waals surface area contributed by atoms with Gasteiger partial charge in [0.15, 0.2) is 0 Å². The molecule has 0 amide bonds. The van der Waals surface area contributed by atoms with Crippen LogP contribution in [-0.2, 0) is 0 Å². The van der Waals surface area contributed by atoms with Gasteiger partial charge in [-0.3, -0.25) is 10.0 Å². The second-order valence-corrected chi connectivity index (χ2v) is 9.89. The third-order valence-corrected chi connectivity index (χ3v) is 8.13. The summed E-state index contributed by atoms with van der Waals surface area (Å²) in [6.07, 6.45) is 2.99. The number of anilines is 1. The van der Waals surface area contributed by atoms with Gasteiger partial charge in [0, 0.05) is 35.9 Å². The van der Waals surface area contributed by atoms with E-state index in [2.05, 4.69) is 72.5 Å². The van der Waals surface area contributed by atoms with Crippen molar-refractivity contribution in [2.45, 2.75) is 50.4 Å². The minimum Gasteiger partial charge on any atom is -0.369 e. The molecule has 0 saturated heterocycles. The lowest BCUT2D eigenvalue weighted by Gasteiger charge is -2.28. The molecule has 0 aliphatic carbocycles. The van der Waals surface area contributed by atoms with Gasteiger partial charge in [0.2, 0.25) is 0 Å². The fourth-order valence-electron chi connectivity index (χ4n) is 4.88. The molecule has 1 aromatic heterocycles. The Bertz CT molecular complexity index is 973. The summed E-state index contributed by atoms with van der Waals surface area (Å²) in [6, 6.07) is 15.5. The summed E-state index contributed by atoms with van der Waals surface area (Å²) in [6.45, 7) is 8.69. The van der Waals surface area contributed by atoms with E-state index in [0.717, 1.165) is 25.3 Å². The Hall–Kier alpha value is -2.34. The number of nitrogens with one attached hydrogen (secondary N) is 1. The Morgan fingerprint density at radius 2 is 1.97 bits per heavy atom. The molecule has 4 heterocycles. The maximum Gasteiger partial charge on any atom is 0.129 e. The molecule has 5 rings (SSSR count). The van der Waals surface area contributed by atoms with Gasteiger partial charge in [0.1, 0.15) is 5.82 Å². The number of hydrogen-bond donors (Lipinski definition) is 1. The summed E-state index contributed by atoms with van der Waals surface area (Å²) in [5, 5.41) is 12.4. The minimum absolute atomic E-state index is 0.309. The number of fused-ring (bicyclic) bond motifs is 1. The van der Waals surface area contributed by atoms with Crippen LogP contribution in [-0.4, -0.2) is 51.2 Å². The smallest absolute Gasteiger partial charge is 0.129 e. The average molecular weight is 420 g/mol. The molecule has 1 N–H and O–H groups in total. The lowest BCUT2D eigenvalue weighted by Crippen LogP contribution is -2.37. The number of rotatable bonds is 5. The third-order valence-electron chi connectivity index (χ3n) is 6.72. The fourth-order valence-corrected chi connectivity index (χ4v) is 6.15. The number of pyridine rings is 1. The van der Waals surface area contributed by atoms with E-state index in [1.54, 1.807) is 0 Å². The summed E-state index contributed by atoms with van der Waals surface area (Å²) < 4.78 is 0. The number of hydrogen-bond acceptors (Lipinski definition) is 6. The largest absolute Gasteiger partial charge is 0.369 e. The van der Waals surface area contributed by atoms with E-state index < -0.39 is 0 Å². The molecule has 3 aliphatic rings. The first kappa shape index (κ1) is 19.6. The predicted octanol–water partition coefficient (Wildman–Crippen LogP) is 4.63. The van der Waals surface area contributed by atoms with Gasteiger partial charge in [-0.2, -0.15) is 5.10 Å². The molecular formula is C24H29N5S. The molecule has 2 aromatic rings. The van der Waals surface area contributed by atoms with Crippen molar-refractivity contribution in [1.82, 2.24) is 9.99 Å². The topological polar surface area (TPSA) is 52.9 Å².